The van der Waals surface area contributed by atoms with Gasteiger partial charge in [-0.15, -0.1) is 0 Å². The maximum absolute atomic E-state index is 13.4. The third-order valence-corrected chi connectivity index (χ3v) is 2.34. The smallest absolute Gasteiger partial charge is 0.408 e. The summed E-state index contributed by atoms with van der Waals surface area (Å²) in [5.74, 6) is 3.71. The SMILES string of the molecule is CC(C)(C)OC(=O)NCC#Cc1ccc(F)c(CC(=O)O)c1. The first-order chi connectivity index (χ1) is 10.2. The van der Waals surface area contributed by atoms with E-state index in [1.165, 1.54) is 18.2 Å². The highest BCUT2D eigenvalue weighted by Gasteiger charge is 2.15. The number of carbonyl (C=O) groups excluding carboxylic acids is 1. The van der Waals surface area contributed by atoms with Crippen LogP contribution in [0.5, 0.6) is 0 Å². The summed E-state index contributed by atoms with van der Waals surface area (Å²) >= 11 is 0. The summed E-state index contributed by atoms with van der Waals surface area (Å²) in [6.07, 6.45) is -0.982. The number of carboxylic acids is 1. The number of rotatable bonds is 3. The van der Waals surface area contributed by atoms with Gasteiger partial charge in [-0.2, -0.15) is 0 Å². The summed E-state index contributed by atoms with van der Waals surface area (Å²) in [6.45, 7) is 5.32. The Hall–Kier alpha value is -2.55. The molecule has 1 aromatic carbocycles. The van der Waals surface area contributed by atoms with Crippen LogP contribution in [0, 0.1) is 17.7 Å². The molecule has 22 heavy (non-hydrogen) atoms. The van der Waals surface area contributed by atoms with Crippen LogP contribution in [-0.4, -0.2) is 29.3 Å². The number of hydrogen-bond acceptors (Lipinski definition) is 3. The molecule has 0 bridgehead atoms. The molecule has 1 aromatic rings. The lowest BCUT2D eigenvalue weighted by molar-refractivity contribution is -0.136. The number of nitrogens with one attached hydrogen (secondary N) is 1. The fourth-order valence-electron chi connectivity index (χ4n) is 1.53. The van der Waals surface area contributed by atoms with Gasteiger partial charge in [0, 0.05) is 11.1 Å². The monoisotopic (exact) mass is 307 g/mol. The van der Waals surface area contributed by atoms with Gasteiger partial charge in [0.2, 0.25) is 0 Å². The predicted octanol–water partition coefficient (Wildman–Crippen LogP) is 2.33. The molecule has 0 aliphatic rings. The first-order valence-corrected chi connectivity index (χ1v) is 6.63. The van der Waals surface area contributed by atoms with Crippen molar-refractivity contribution in [2.45, 2.75) is 32.8 Å². The molecule has 0 atom stereocenters. The van der Waals surface area contributed by atoms with E-state index in [0.29, 0.717) is 5.56 Å². The van der Waals surface area contributed by atoms with E-state index in [-0.39, 0.29) is 12.1 Å². The molecule has 0 aliphatic carbocycles. The van der Waals surface area contributed by atoms with Crippen molar-refractivity contribution in [3.05, 3.63) is 35.1 Å². The largest absolute Gasteiger partial charge is 0.481 e. The van der Waals surface area contributed by atoms with Crippen molar-refractivity contribution in [1.82, 2.24) is 5.32 Å². The quantitative estimate of drug-likeness (QED) is 0.840. The molecule has 6 heteroatoms. The molecule has 0 radical (unpaired) electrons. The topological polar surface area (TPSA) is 75.6 Å². The van der Waals surface area contributed by atoms with Gasteiger partial charge in [-0.1, -0.05) is 11.8 Å². The number of hydrogen-bond donors (Lipinski definition) is 2. The zero-order valence-electron chi connectivity index (χ0n) is 12.7. The lowest BCUT2D eigenvalue weighted by atomic mass is 10.1. The molecule has 0 unspecified atom stereocenters. The maximum atomic E-state index is 13.4. The number of amides is 1. The fraction of sp³-hybridized carbons (Fsp3) is 0.375. The lowest BCUT2D eigenvalue weighted by Gasteiger charge is -2.18. The van der Waals surface area contributed by atoms with Crippen LogP contribution in [0.1, 0.15) is 31.9 Å². The molecule has 1 rings (SSSR count). The molecule has 0 aromatic heterocycles. The van der Waals surface area contributed by atoms with Crippen LogP contribution in [0.25, 0.3) is 0 Å². The fourth-order valence-corrected chi connectivity index (χ4v) is 1.53. The minimum Gasteiger partial charge on any atom is -0.481 e. The van der Waals surface area contributed by atoms with Gasteiger partial charge in [0.1, 0.15) is 11.4 Å². The number of carbonyl (C=O) groups is 2. The summed E-state index contributed by atoms with van der Waals surface area (Å²) in [4.78, 5) is 22.0. The Morgan fingerprint density at radius 3 is 2.64 bits per heavy atom. The van der Waals surface area contributed by atoms with E-state index in [9.17, 15) is 14.0 Å². The molecule has 0 fully saturated rings. The summed E-state index contributed by atoms with van der Waals surface area (Å²) in [7, 11) is 0. The molecule has 0 heterocycles. The Balaban J connectivity index is 2.61. The lowest BCUT2D eigenvalue weighted by Crippen LogP contribution is -2.32. The van der Waals surface area contributed by atoms with Crippen LogP contribution in [0.15, 0.2) is 18.2 Å². The van der Waals surface area contributed by atoms with Gasteiger partial charge in [-0.25, -0.2) is 9.18 Å². The Morgan fingerprint density at radius 2 is 2.05 bits per heavy atom. The van der Waals surface area contributed by atoms with Crippen molar-refractivity contribution in [3.8, 4) is 11.8 Å². The van der Waals surface area contributed by atoms with Crippen LogP contribution in [0.4, 0.5) is 9.18 Å². The van der Waals surface area contributed by atoms with E-state index in [2.05, 4.69) is 17.2 Å². The zero-order valence-corrected chi connectivity index (χ0v) is 12.7. The number of halogens is 1. The van der Waals surface area contributed by atoms with Crippen molar-refractivity contribution < 1.29 is 23.8 Å². The molecule has 0 aliphatic heterocycles. The zero-order chi connectivity index (χ0) is 16.8. The number of benzene rings is 1. The van der Waals surface area contributed by atoms with Crippen LogP contribution in [-0.2, 0) is 16.0 Å². The molecule has 5 nitrogen and oxygen atoms in total. The highest BCUT2D eigenvalue weighted by Crippen LogP contribution is 2.11. The number of alkyl carbamates (subject to hydrolysis) is 1. The van der Waals surface area contributed by atoms with Crippen LogP contribution in [0.2, 0.25) is 0 Å². The van der Waals surface area contributed by atoms with E-state index in [0.717, 1.165) is 0 Å². The maximum Gasteiger partial charge on any atom is 0.408 e. The van der Waals surface area contributed by atoms with Crippen molar-refractivity contribution in [3.63, 3.8) is 0 Å². The molecule has 2 N–H and O–H groups in total. The molecule has 0 saturated heterocycles. The minimum atomic E-state index is -1.12. The second-order valence-electron chi connectivity index (χ2n) is 5.53. The second-order valence-corrected chi connectivity index (χ2v) is 5.53. The van der Waals surface area contributed by atoms with E-state index in [4.69, 9.17) is 9.84 Å². The molecule has 118 valence electrons. The van der Waals surface area contributed by atoms with Crippen molar-refractivity contribution in [2.24, 2.45) is 0 Å². The molecule has 0 spiro atoms. The summed E-state index contributed by atoms with van der Waals surface area (Å²) in [6, 6.07) is 3.99. The number of aliphatic carboxylic acids is 1. The van der Waals surface area contributed by atoms with Crippen LogP contribution in [0.3, 0.4) is 0 Å². The van der Waals surface area contributed by atoms with Crippen LogP contribution < -0.4 is 5.32 Å². The standard InChI is InChI=1S/C16H18FNO4/c1-16(2,3)22-15(21)18-8-4-5-11-6-7-13(17)12(9-11)10-14(19)20/h6-7,9H,8,10H2,1-3H3,(H,18,21)(H,19,20). The van der Waals surface area contributed by atoms with Gasteiger partial charge in [-0.05, 0) is 39.0 Å². The normalized spacial score (nSPS) is 10.4. The predicted molar refractivity (Wildman–Crippen MR) is 78.9 cm³/mol. The summed E-state index contributed by atoms with van der Waals surface area (Å²) < 4.78 is 18.4. The highest BCUT2D eigenvalue weighted by molar-refractivity contribution is 5.70. The highest BCUT2D eigenvalue weighted by atomic mass is 19.1. The molecular formula is C16H18FNO4. The Morgan fingerprint density at radius 1 is 1.36 bits per heavy atom. The minimum absolute atomic E-state index is 0.0689. The average Bonchev–Trinajstić information content (AvgIpc) is 2.35. The average molecular weight is 307 g/mol. The van der Waals surface area contributed by atoms with Gasteiger partial charge >= 0.3 is 12.1 Å². The van der Waals surface area contributed by atoms with Gasteiger partial charge in [-0.3, -0.25) is 4.79 Å². The number of ether oxygens (including phenoxy) is 1. The van der Waals surface area contributed by atoms with E-state index in [1.54, 1.807) is 20.8 Å². The summed E-state index contributed by atoms with van der Waals surface area (Å²) in [5, 5.41) is 11.2. The van der Waals surface area contributed by atoms with Crippen molar-refractivity contribution >= 4 is 12.1 Å². The molecule has 1 amide bonds. The third-order valence-electron chi connectivity index (χ3n) is 2.34. The van der Waals surface area contributed by atoms with Gasteiger partial charge < -0.3 is 15.2 Å². The number of carboxylic acid groups (broad SMARTS) is 1. The van der Waals surface area contributed by atoms with Gasteiger partial charge in [0.15, 0.2) is 0 Å². The van der Waals surface area contributed by atoms with Gasteiger partial charge in [0.25, 0.3) is 0 Å². The second kappa shape index (κ2) is 7.46. The first kappa shape index (κ1) is 17.5. The third kappa shape index (κ3) is 6.75. The molecule has 0 saturated carbocycles. The van der Waals surface area contributed by atoms with Crippen molar-refractivity contribution in [1.29, 1.82) is 0 Å². The van der Waals surface area contributed by atoms with E-state index in [1.807, 2.05) is 0 Å². The Kier molecular flexibility index (Phi) is 5.93. The first-order valence-electron chi connectivity index (χ1n) is 6.63. The Labute approximate surface area is 128 Å². The van der Waals surface area contributed by atoms with Crippen LogP contribution >= 0.6 is 0 Å². The van der Waals surface area contributed by atoms with Crippen molar-refractivity contribution in [2.75, 3.05) is 6.54 Å². The molecular weight excluding hydrogens is 289 g/mol. The van der Waals surface area contributed by atoms with E-state index < -0.39 is 29.9 Å². The Bertz CT molecular complexity index is 623. The summed E-state index contributed by atoms with van der Waals surface area (Å²) in [5.41, 5.74) is -0.0387. The van der Waals surface area contributed by atoms with Gasteiger partial charge in [0.05, 0.1) is 13.0 Å². The van der Waals surface area contributed by atoms with E-state index >= 15 is 0 Å².